The highest BCUT2D eigenvalue weighted by molar-refractivity contribution is 7.94. The second kappa shape index (κ2) is 4.89. The van der Waals surface area contributed by atoms with E-state index in [0.717, 1.165) is 10.5 Å². The van der Waals surface area contributed by atoms with Gasteiger partial charge >= 0.3 is 0 Å². The summed E-state index contributed by atoms with van der Waals surface area (Å²) in [6.45, 7) is 0. The van der Waals surface area contributed by atoms with Crippen LogP contribution in [0.3, 0.4) is 0 Å². The SMILES string of the molecule is c1ccc(SON2OC2c2ccccc2)cc1. The van der Waals surface area contributed by atoms with E-state index in [2.05, 4.69) is 0 Å². The van der Waals surface area contributed by atoms with E-state index >= 15 is 0 Å². The largest absolute Gasteiger partial charge is 0.241 e. The number of hydroxylamine groups is 2. The Bertz CT molecular complexity index is 477. The number of rotatable bonds is 4. The highest BCUT2D eigenvalue weighted by atomic mass is 32.2. The van der Waals surface area contributed by atoms with E-state index in [4.69, 9.17) is 9.12 Å². The molecule has 2 aromatic rings. The zero-order valence-corrected chi connectivity index (χ0v) is 9.84. The number of hydrogen-bond acceptors (Lipinski definition) is 4. The Kier molecular flexibility index (Phi) is 3.11. The van der Waals surface area contributed by atoms with E-state index < -0.39 is 0 Å². The Hall–Kier alpha value is -1.33. The topological polar surface area (TPSA) is 24.8 Å². The maximum Gasteiger partial charge on any atom is 0.210 e. The molecule has 17 heavy (non-hydrogen) atoms. The predicted octanol–water partition coefficient (Wildman–Crippen LogP) is 3.57. The molecule has 4 heteroatoms. The van der Waals surface area contributed by atoms with Crippen LogP contribution in [-0.2, 0) is 9.12 Å². The first kappa shape index (κ1) is 10.8. The molecule has 0 bridgehead atoms. The van der Waals surface area contributed by atoms with Crippen molar-refractivity contribution >= 4 is 12.0 Å². The fourth-order valence-electron chi connectivity index (χ4n) is 1.48. The van der Waals surface area contributed by atoms with Crippen LogP contribution in [0.25, 0.3) is 0 Å². The summed E-state index contributed by atoms with van der Waals surface area (Å²) in [5.74, 6) is 0. The Labute approximate surface area is 104 Å². The quantitative estimate of drug-likeness (QED) is 0.607. The van der Waals surface area contributed by atoms with Crippen molar-refractivity contribution in [2.24, 2.45) is 0 Å². The van der Waals surface area contributed by atoms with Gasteiger partial charge in [-0.05, 0) is 17.4 Å². The van der Waals surface area contributed by atoms with Crippen molar-refractivity contribution in [3.8, 4) is 0 Å². The fraction of sp³-hybridized carbons (Fsp3) is 0.0769. The van der Waals surface area contributed by atoms with Gasteiger partial charge in [0.15, 0.2) is 0 Å². The molecular weight excluding hydrogens is 234 g/mol. The van der Waals surface area contributed by atoms with E-state index in [1.54, 1.807) is 0 Å². The molecule has 86 valence electrons. The molecule has 0 aromatic heterocycles. The first-order valence-corrected chi connectivity index (χ1v) is 6.08. The van der Waals surface area contributed by atoms with Gasteiger partial charge in [0.25, 0.3) is 0 Å². The van der Waals surface area contributed by atoms with Gasteiger partial charge in [-0.3, -0.25) is 0 Å². The van der Waals surface area contributed by atoms with Crippen LogP contribution >= 0.6 is 12.0 Å². The van der Waals surface area contributed by atoms with Crippen molar-refractivity contribution in [3.63, 3.8) is 0 Å². The lowest BCUT2D eigenvalue weighted by Crippen LogP contribution is -1.93. The predicted molar refractivity (Wildman–Crippen MR) is 65.5 cm³/mol. The van der Waals surface area contributed by atoms with Gasteiger partial charge in [0, 0.05) is 10.5 Å². The van der Waals surface area contributed by atoms with E-state index in [9.17, 15) is 0 Å². The summed E-state index contributed by atoms with van der Waals surface area (Å²) >= 11 is 1.29. The molecule has 2 unspecified atom stereocenters. The summed E-state index contributed by atoms with van der Waals surface area (Å²) in [6, 6.07) is 19.9. The third kappa shape index (κ3) is 2.68. The minimum atomic E-state index is -0.0765. The molecule has 0 spiro atoms. The van der Waals surface area contributed by atoms with Crippen molar-refractivity contribution in [2.75, 3.05) is 0 Å². The second-order valence-corrected chi connectivity index (χ2v) is 4.41. The standard InChI is InChI=1S/C13H11NO2S/c1-3-7-11(8-4-1)13-14(15-13)16-17-12-9-5-2-6-10-12/h1-10,13H. The van der Waals surface area contributed by atoms with Crippen LogP contribution in [0.15, 0.2) is 65.6 Å². The lowest BCUT2D eigenvalue weighted by atomic mass is 10.2. The van der Waals surface area contributed by atoms with Crippen LogP contribution < -0.4 is 0 Å². The minimum absolute atomic E-state index is 0.0765. The highest BCUT2D eigenvalue weighted by Crippen LogP contribution is 2.40. The van der Waals surface area contributed by atoms with Crippen LogP contribution in [0.4, 0.5) is 0 Å². The normalized spacial score (nSPS) is 22.4. The van der Waals surface area contributed by atoms with Crippen molar-refractivity contribution in [1.29, 1.82) is 0 Å². The average Bonchev–Trinajstić information content (AvgIpc) is 3.18. The summed E-state index contributed by atoms with van der Waals surface area (Å²) in [5.41, 5.74) is 1.10. The molecule has 0 saturated carbocycles. The summed E-state index contributed by atoms with van der Waals surface area (Å²) in [5, 5.41) is 1.49. The third-order valence-electron chi connectivity index (χ3n) is 2.38. The van der Waals surface area contributed by atoms with Crippen LogP contribution in [-0.4, -0.2) is 5.23 Å². The van der Waals surface area contributed by atoms with Gasteiger partial charge in [0.05, 0.1) is 12.0 Å². The molecule has 0 radical (unpaired) electrons. The molecule has 1 fully saturated rings. The minimum Gasteiger partial charge on any atom is -0.241 e. The van der Waals surface area contributed by atoms with Crippen molar-refractivity contribution in [3.05, 3.63) is 66.2 Å². The van der Waals surface area contributed by atoms with Gasteiger partial charge in [0.1, 0.15) is 0 Å². The second-order valence-electron chi connectivity index (χ2n) is 3.62. The molecule has 2 aromatic carbocycles. The fourth-order valence-corrected chi connectivity index (χ4v) is 2.02. The smallest absolute Gasteiger partial charge is 0.210 e. The summed E-state index contributed by atoms with van der Waals surface area (Å²) in [6.07, 6.45) is -0.0765. The van der Waals surface area contributed by atoms with Gasteiger partial charge < -0.3 is 0 Å². The Morgan fingerprint density at radius 1 is 0.941 bits per heavy atom. The summed E-state index contributed by atoms with van der Waals surface area (Å²) in [4.78, 5) is 6.37. The average molecular weight is 245 g/mol. The molecule has 0 amide bonds. The zero-order valence-electron chi connectivity index (χ0n) is 9.02. The molecular formula is C13H11NO2S. The summed E-state index contributed by atoms with van der Waals surface area (Å²) in [7, 11) is 0. The van der Waals surface area contributed by atoms with E-state index in [1.165, 1.54) is 17.3 Å². The van der Waals surface area contributed by atoms with Crippen LogP contribution in [0.2, 0.25) is 0 Å². The van der Waals surface area contributed by atoms with E-state index in [-0.39, 0.29) is 6.23 Å². The molecule has 3 rings (SSSR count). The van der Waals surface area contributed by atoms with E-state index in [0.29, 0.717) is 0 Å². The van der Waals surface area contributed by atoms with Gasteiger partial charge in [-0.25, -0.2) is 4.84 Å². The zero-order chi connectivity index (χ0) is 11.5. The number of hydrogen-bond donors (Lipinski definition) is 0. The van der Waals surface area contributed by atoms with Crippen molar-refractivity contribution in [2.45, 2.75) is 11.1 Å². The number of benzene rings is 2. The number of nitrogens with zero attached hydrogens (tertiary/aromatic N) is 1. The maximum absolute atomic E-state index is 5.43. The molecule has 0 aliphatic carbocycles. The van der Waals surface area contributed by atoms with Crippen LogP contribution in [0, 0.1) is 0 Å². The molecule has 1 saturated heterocycles. The lowest BCUT2D eigenvalue weighted by Gasteiger charge is -1.99. The molecule has 3 nitrogen and oxygen atoms in total. The van der Waals surface area contributed by atoms with Crippen LogP contribution in [0.1, 0.15) is 11.8 Å². The first-order chi connectivity index (χ1) is 8.43. The van der Waals surface area contributed by atoms with Crippen LogP contribution in [0.5, 0.6) is 0 Å². The van der Waals surface area contributed by atoms with E-state index in [1.807, 2.05) is 60.7 Å². The third-order valence-corrected chi connectivity index (χ3v) is 3.07. The van der Waals surface area contributed by atoms with Gasteiger partial charge in [-0.1, -0.05) is 48.5 Å². The Morgan fingerprint density at radius 2 is 1.59 bits per heavy atom. The molecule has 1 heterocycles. The molecule has 1 aliphatic heterocycles. The van der Waals surface area contributed by atoms with Gasteiger partial charge in [-0.2, -0.15) is 4.28 Å². The monoisotopic (exact) mass is 245 g/mol. The summed E-state index contributed by atoms with van der Waals surface area (Å²) < 4.78 is 5.43. The molecule has 2 atom stereocenters. The van der Waals surface area contributed by atoms with Crippen molar-refractivity contribution in [1.82, 2.24) is 5.23 Å². The highest BCUT2D eigenvalue weighted by Gasteiger charge is 2.40. The first-order valence-electron chi connectivity index (χ1n) is 5.34. The van der Waals surface area contributed by atoms with Gasteiger partial charge in [-0.15, -0.1) is 0 Å². The Balaban J connectivity index is 1.53. The maximum atomic E-state index is 5.43. The Morgan fingerprint density at radius 3 is 2.29 bits per heavy atom. The molecule has 0 N–H and O–H groups in total. The lowest BCUT2D eigenvalue weighted by molar-refractivity contribution is -0.0514. The van der Waals surface area contributed by atoms with Crippen molar-refractivity contribution < 1.29 is 9.12 Å². The molecule has 1 aliphatic rings. The van der Waals surface area contributed by atoms with Gasteiger partial charge in [0.2, 0.25) is 6.23 Å².